The molecule has 2 rings (SSSR count). The summed E-state index contributed by atoms with van der Waals surface area (Å²) in [5.74, 6) is 0. The molecule has 0 amide bonds. The molecule has 0 aliphatic carbocycles. The first-order chi connectivity index (χ1) is 10.1. The van der Waals surface area contributed by atoms with E-state index in [-0.39, 0.29) is 6.61 Å². The fourth-order valence-electron chi connectivity index (χ4n) is 2.12. The normalized spacial score (nSPS) is 10.7. The molecular weight excluding hydrogens is 329 g/mol. The molecule has 112 valence electrons. The number of nitrogens with zero attached hydrogens (tertiary/aromatic N) is 1. The Labute approximate surface area is 139 Å². The number of hydrogen-bond donors (Lipinski definition) is 1. The zero-order chi connectivity index (χ0) is 15.4. The van der Waals surface area contributed by atoms with Gasteiger partial charge in [-0.1, -0.05) is 46.9 Å². The first kappa shape index (κ1) is 16.4. The maximum absolute atomic E-state index is 9.18. The molecule has 0 atom stereocenters. The lowest BCUT2D eigenvalue weighted by molar-refractivity contribution is 0.282. The van der Waals surface area contributed by atoms with Gasteiger partial charge < -0.3 is 10.0 Å². The highest BCUT2D eigenvalue weighted by molar-refractivity contribution is 6.36. The molecule has 0 aliphatic heterocycles. The molecule has 0 radical (unpaired) electrons. The predicted octanol–water partition coefficient (Wildman–Crippen LogP) is 5.17. The second kappa shape index (κ2) is 7.37. The first-order valence-electron chi connectivity index (χ1n) is 6.64. The topological polar surface area (TPSA) is 23.5 Å². The van der Waals surface area contributed by atoms with Crippen LogP contribution in [0.15, 0.2) is 36.4 Å². The third kappa shape index (κ3) is 3.83. The predicted molar refractivity (Wildman–Crippen MR) is 90.6 cm³/mol. The number of halogens is 3. The molecule has 2 aromatic carbocycles. The third-order valence-electron chi connectivity index (χ3n) is 3.36. The van der Waals surface area contributed by atoms with Crippen LogP contribution in [0.2, 0.25) is 15.1 Å². The number of anilines is 1. The molecule has 0 saturated carbocycles. The molecule has 1 N–H and O–H groups in total. The van der Waals surface area contributed by atoms with Crippen molar-refractivity contribution in [3.05, 3.63) is 62.6 Å². The van der Waals surface area contributed by atoms with Gasteiger partial charge in [0, 0.05) is 39.4 Å². The largest absolute Gasteiger partial charge is 0.392 e. The van der Waals surface area contributed by atoms with Gasteiger partial charge in [-0.2, -0.15) is 0 Å². The summed E-state index contributed by atoms with van der Waals surface area (Å²) in [5, 5.41) is 11.0. The summed E-state index contributed by atoms with van der Waals surface area (Å²) in [6, 6.07) is 11.1. The van der Waals surface area contributed by atoms with Gasteiger partial charge in [-0.25, -0.2) is 0 Å². The van der Waals surface area contributed by atoms with Crippen molar-refractivity contribution in [1.29, 1.82) is 0 Å². The van der Waals surface area contributed by atoms with Crippen LogP contribution in [0.1, 0.15) is 18.1 Å². The molecule has 0 fully saturated rings. The molecule has 21 heavy (non-hydrogen) atoms. The van der Waals surface area contributed by atoms with Crippen LogP contribution in [0.5, 0.6) is 0 Å². The second-order valence-corrected chi connectivity index (χ2v) is 5.87. The van der Waals surface area contributed by atoms with Crippen molar-refractivity contribution >= 4 is 40.5 Å². The fourth-order valence-corrected chi connectivity index (χ4v) is 2.87. The molecule has 0 aliphatic rings. The molecule has 2 nitrogen and oxygen atoms in total. The van der Waals surface area contributed by atoms with Crippen LogP contribution in [-0.2, 0) is 13.2 Å². The molecule has 0 saturated heterocycles. The van der Waals surface area contributed by atoms with Crippen LogP contribution in [0.3, 0.4) is 0 Å². The molecule has 0 heterocycles. The highest BCUT2D eigenvalue weighted by atomic mass is 35.5. The Bertz CT molecular complexity index is 611. The van der Waals surface area contributed by atoms with Crippen molar-refractivity contribution in [3.8, 4) is 0 Å². The van der Waals surface area contributed by atoms with Gasteiger partial charge in [-0.15, -0.1) is 0 Å². The number of aliphatic hydroxyl groups excluding tert-OH is 1. The summed E-state index contributed by atoms with van der Waals surface area (Å²) in [5.41, 5.74) is 2.58. The third-order valence-corrected chi connectivity index (χ3v) is 4.42. The van der Waals surface area contributed by atoms with Crippen molar-refractivity contribution in [3.63, 3.8) is 0 Å². The monoisotopic (exact) mass is 343 g/mol. The van der Waals surface area contributed by atoms with Crippen LogP contribution < -0.4 is 4.90 Å². The number of rotatable bonds is 5. The van der Waals surface area contributed by atoms with E-state index in [2.05, 4.69) is 11.8 Å². The average molecular weight is 345 g/mol. The summed E-state index contributed by atoms with van der Waals surface area (Å²) in [6.45, 7) is 3.38. The Kier molecular flexibility index (Phi) is 5.77. The van der Waals surface area contributed by atoms with Crippen LogP contribution >= 0.6 is 34.8 Å². The SMILES string of the molecule is CCN(Cc1c(Cl)cccc1Cl)c1ccc(CO)c(Cl)c1. The average Bonchev–Trinajstić information content (AvgIpc) is 2.47. The number of hydrogen-bond acceptors (Lipinski definition) is 2. The highest BCUT2D eigenvalue weighted by Gasteiger charge is 2.12. The minimum absolute atomic E-state index is 0.0679. The molecular formula is C16H16Cl3NO. The van der Waals surface area contributed by atoms with Gasteiger partial charge in [0.1, 0.15) is 0 Å². The molecule has 5 heteroatoms. The Morgan fingerprint density at radius 3 is 2.19 bits per heavy atom. The van der Waals surface area contributed by atoms with Crippen molar-refractivity contribution < 1.29 is 5.11 Å². The lowest BCUT2D eigenvalue weighted by Crippen LogP contribution is -2.22. The fraction of sp³-hybridized carbons (Fsp3) is 0.250. The molecule has 2 aromatic rings. The standard InChI is InChI=1S/C16H16Cl3NO/c1-2-20(9-13-14(17)4-3-5-15(13)18)12-7-6-11(10-21)16(19)8-12/h3-8,21H,2,9-10H2,1H3. The van der Waals surface area contributed by atoms with Gasteiger partial charge in [-0.3, -0.25) is 0 Å². The highest BCUT2D eigenvalue weighted by Crippen LogP contribution is 2.29. The Morgan fingerprint density at radius 2 is 1.67 bits per heavy atom. The van der Waals surface area contributed by atoms with Gasteiger partial charge in [0.25, 0.3) is 0 Å². The van der Waals surface area contributed by atoms with E-state index in [4.69, 9.17) is 34.8 Å². The summed E-state index contributed by atoms with van der Waals surface area (Å²) < 4.78 is 0. The van der Waals surface area contributed by atoms with Gasteiger partial charge >= 0.3 is 0 Å². The van der Waals surface area contributed by atoms with Crippen molar-refractivity contribution in [2.24, 2.45) is 0 Å². The molecule has 0 unspecified atom stereocenters. The minimum Gasteiger partial charge on any atom is -0.392 e. The number of benzene rings is 2. The van der Waals surface area contributed by atoms with E-state index < -0.39 is 0 Å². The second-order valence-electron chi connectivity index (χ2n) is 4.65. The van der Waals surface area contributed by atoms with Gasteiger partial charge in [0.2, 0.25) is 0 Å². The summed E-state index contributed by atoms with van der Waals surface area (Å²) in [6.07, 6.45) is 0. The van der Waals surface area contributed by atoms with Crippen LogP contribution in [0.25, 0.3) is 0 Å². The van der Waals surface area contributed by atoms with Gasteiger partial charge in [0.05, 0.1) is 6.61 Å². The Morgan fingerprint density at radius 1 is 1.00 bits per heavy atom. The van der Waals surface area contributed by atoms with E-state index in [0.717, 1.165) is 17.8 Å². The van der Waals surface area contributed by atoms with E-state index >= 15 is 0 Å². The minimum atomic E-state index is -0.0679. The number of aliphatic hydroxyl groups is 1. The molecule has 0 spiro atoms. The van der Waals surface area contributed by atoms with Crippen LogP contribution in [0.4, 0.5) is 5.69 Å². The Balaban J connectivity index is 2.30. The summed E-state index contributed by atoms with van der Waals surface area (Å²) in [7, 11) is 0. The maximum Gasteiger partial charge on any atom is 0.0696 e. The van der Waals surface area contributed by atoms with E-state index in [1.165, 1.54) is 0 Å². The molecule has 0 aromatic heterocycles. The zero-order valence-electron chi connectivity index (χ0n) is 11.6. The van der Waals surface area contributed by atoms with Crippen molar-refractivity contribution in [2.45, 2.75) is 20.1 Å². The summed E-state index contributed by atoms with van der Waals surface area (Å²) >= 11 is 18.6. The lowest BCUT2D eigenvalue weighted by Gasteiger charge is -2.25. The van der Waals surface area contributed by atoms with E-state index in [0.29, 0.717) is 27.2 Å². The van der Waals surface area contributed by atoms with E-state index in [9.17, 15) is 5.11 Å². The van der Waals surface area contributed by atoms with Crippen molar-refractivity contribution in [1.82, 2.24) is 0 Å². The van der Waals surface area contributed by atoms with Crippen molar-refractivity contribution in [2.75, 3.05) is 11.4 Å². The zero-order valence-corrected chi connectivity index (χ0v) is 13.9. The maximum atomic E-state index is 9.18. The van der Waals surface area contributed by atoms with Crippen LogP contribution in [-0.4, -0.2) is 11.7 Å². The van der Waals surface area contributed by atoms with E-state index in [1.54, 1.807) is 0 Å². The van der Waals surface area contributed by atoms with Gasteiger partial charge in [0.15, 0.2) is 0 Å². The van der Waals surface area contributed by atoms with E-state index in [1.807, 2.05) is 36.4 Å². The smallest absolute Gasteiger partial charge is 0.0696 e. The lowest BCUT2D eigenvalue weighted by atomic mass is 10.1. The summed E-state index contributed by atoms with van der Waals surface area (Å²) in [4.78, 5) is 2.13. The quantitative estimate of drug-likeness (QED) is 0.809. The van der Waals surface area contributed by atoms with Crippen LogP contribution in [0, 0.1) is 0 Å². The first-order valence-corrected chi connectivity index (χ1v) is 7.77. The Hall–Kier alpha value is -0.930. The molecule has 0 bridgehead atoms. The van der Waals surface area contributed by atoms with Gasteiger partial charge in [-0.05, 0) is 36.8 Å².